The van der Waals surface area contributed by atoms with Crippen molar-refractivity contribution in [3.63, 3.8) is 0 Å². The van der Waals surface area contributed by atoms with E-state index in [9.17, 15) is 4.79 Å². The zero-order chi connectivity index (χ0) is 7.56. The monoisotopic (exact) mass is 140 g/mol. The lowest BCUT2D eigenvalue weighted by molar-refractivity contribution is 0.304. The minimum Gasteiger partial charge on any atom is -0.480 e. The molecule has 1 rings (SSSR count). The van der Waals surface area contributed by atoms with E-state index in [0.29, 0.717) is 12.0 Å². The molecule has 0 aliphatic heterocycles. The van der Waals surface area contributed by atoms with Gasteiger partial charge in [-0.2, -0.15) is 0 Å². The topological polar surface area (TPSA) is 50.4 Å². The number of hydrogen-bond donors (Lipinski definition) is 1. The number of hydrogen-bond acceptors (Lipinski definition) is 3. The molecule has 1 N–H and O–H groups in total. The van der Waals surface area contributed by atoms with Crippen LogP contribution in [0, 0.1) is 0 Å². The summed E-state index contributed by atoms with van der Waals surface area (Å²) in [6, 6.07) is 2.85. The van der Waals surface area contributed by atoms with Crippen LogP contribution in [0.1, 0.15) is 12.5 Å². The lowest BCUT2D eigenvalue weighted by Crippen LogP contribution is -1.96. The Hall–Kier alpha value is -1.25. The highest BCUT2D eigenvalue weighted by molar-refractivity contribution is 5.19. The summed E-state index contributed by atoms with van der Waals surface area (Å²) >= 11 is 0. The van der Waals surface area contributed by atoms with Crippen LogP contribution in [0.3, 0.4) is 0 Å². The van der Waals surface area contributed by atoms with E-state index in [4.69, 9.17) is 5.11 Å². The molecule has 0 spiro atoms. The molecular formula is C7H8O3. The van der Waals surface area contributed by atoms with E-state index in [1.54, 1.807) is 6.07 Å². The van der Waals surface area contributed by atoms with Gasteiger partial charge in [-0.15, -0.1) is 0 Å². The van der Waals surface area contributed by atoms with Crippen molar-refractivity contribution < 1.29 is 9.52 Å². The molecule has 0 fully saturated rings. The maximum atomic E-state index is 10.4. The third kappa shape index (κ3) is 1.18. The third-order valence-corrected chi connectivity index (χ3v) is 1.27. The minimum atomic E-state index is -0.519. The molecule has 0 saturated heterocycles. The van der Waals surface area contributed by atoms with Gasteiger partial charge >= 0.3 is 5.63 Å². The zero-order valence-corrected chi connectivity index (χ0v) is 5.63. The standard InChI is InChI=1S/C7H8O3/c1-2-5-3-4-6(8)10-7(5)9/h3-4,9H,2H2,1H3. The zero-order valence-electron chi connectivity index (χ0n) is 5.63. The van der Waals surface area contributed by atoms with Crippen LogP contribution >= 0.6 is 0 Å². The van der Waals surface area contributed by atoms with Crippen LogP contribution in [0.4, 0.5) is 0 Å². The number of aromatic hydroxyl groups is 1. The molecule has 0 radical (unpaired) electrons. The smallest absolute Gasteiger partial charge is 0.338 e. The van der Waals surface area contributed by atoms with Crippen molar-refractivity contribution >= 4 is 0 Å². The van der Waals surface area contributed by atoms with E-state index >= 15 is 0 Å². The summed E-state index contributed by atoms with van der Waals surface area (Å²) < 4.78 is 4.40. The molecule has 0 amide bonds. The molecule has 0 saturated carbocycles. The SMILES string of the molecule is CCc1ccc(=O)oc1O. The molecule has 0 unspecified atom stereocenters. The van der Waals surface area contributed by atoms with Crippen LogP contribution < -0.4 is 5.63 Å². The maximum absolute atomic E-state index is 10.4. The van der Waals surface area contributed by atoms with Crippen molar-refractivity contribution in [2.45, 2.75) is 13.3 Å². The minimum absolute atomic E-state index is 0.269. The second kappa shape index (κ2) is 2.56. The number of aryl methyl sites for hydroxylation is 1. The van der Waals surface area contributed by atoms with Gasteiger partial charge in [-0.3, -0.25) is 0 Å². The Morgan fingerprint density at radius 3 is 2.80 bits per heavy atom. The first-order valence-electron chi connectivity index (χ1n) is 3.06. The fourth-order valence-electron chi connectivity index (χ4n) is 0.704. The van der Waals surface area contributed by atoms with Crippen molar-refractivity contribution in [2.75, 3.05) is 0 Å². The predicted octanol–water partition coefficient (Wildman–Crippen LogP) is 0.908. The molecule has 0 atom stereocenters. The van der Waals surface area contributed by atoms with E-state index in [1.165, 1.54) is 6.07 Å². The molecule has 0 bridgehead atoms. The Balaban J connectivity index is 3.19. The summed E-state index contributed by atoms with van der Waals surface area (Å²) in [6.45, 7) is 1.87. The molecule has 54 valence electrons. The average Bonchev–Trinajstić information content (AvgIpc) is 1.88. The van der Waals surface area contributed by atoms with Crippen LogP contribution in [0.2, 0.25) is 0 Å². The fraction of sp³-hybridized carbons (Fsp3) is 0.286. The predicted molar refractivity (Wildman–Crippen MR) is 36.0 cm³/mol. The fourth-order valence-corrected chi connectivity index (χ4v) is 0.704. The van der Waals surface area contributed by atoms with Gasteiger partial charge in [0.2, 0.25) is 0 Å². The lowest BCUT2D eigenvalue weighted by Gasteiger charge is -1.95. The molecule has 10 heavy (non-hydrogen) atoms. The normalized spacial score (nSPS) is 9.70. The van der Waals surface area contributed by atoms with E-state index in [-0.39, 0.29) is 5.95 Å². The summed E-state index contributed by atoms with van der Waals surface area (Å²) in [4.78, 5) is 10.4. The molecule has 1 heterocycles. The van der Waals surface area contributed by atoms with Gasteiger partial charge in [0, 0.05) is 11.6 Å². The highest BCUT2D eigenvalue weighted by atomic mass is 16.5. The van der Waals surface area contributed by atoms with Crippen LogP contribution in [-0.4, -0.2) is 5.11 Å². The molecule has 1 aromatic rings. The second-order valence-electron chi connectivity index (χ2n) is 1.94. The molecular weight excluding hydrogens is 132 g/mol. The quantitative estimate of drug-likeness (QED) is 0.630. The van der Waals surface area contributed by atoms with Crippen molar-refractivity contribution in [2.24, 2.45) is 0 Å². The molecule has 3 heteroatoms. The van der Waals surface area contributed by atoms with Crippen LogP contribution in [0.25, 0.3) is 0 Å². The first kappa shape index (κ1) is 6.86. The van der Waals surface area contributed by atoms with Gasteiger partial charge in [-0.25, -0.2) is 4.79 Å². The van der Waals surface area contributed by atoms with Gasteiger partial charge in [0.15, 0.2) is 0 Å². The van der Waals surface area contributed by atoms with Gasteiger partial charge in [-0.1, -0.05) is 6.92 Å². The van der Waals surface area contributed by atoms with Crippen LogP contribution in [0.15, 0.2) is 21.3 Å². The second-order valence-corrected chi connectivity index (χ2v) is 1.94. The molecule has 0 aromatic carbocycles. The van der Waals surface area contributed by atoms with Crippen molar-refractivity contribution in [1.82, 2.24) is 0 Å². The Labute approximate surface area is 57.9 Å². The van der Waals surface area contributed by atoms with Gasteiger partial charge in [-0.05, 0) is 12.5 Å². The average molecular weight is 140 g/mol. The Bertz CT molecular complexity index is 274. The van der Waals surface area contributed by atoms with Crippen LogP contribution in [0.5, 0.6) is 5.95 Å². The Kier molecular flexibility index (Phi) is 1.76. The maximum Gasteiger partial charge on any atom is 0.338 e. The summed E-state index contributed by atoms with van der Waals surface area (Å²) in [7, 11) is 0. The summed E-state index contributed by atoms with van der Waals surface area (Å²) in [5, 5.41) is 8.92. The van der Waals surface area contributed by atoms with E-state index in [2.05, 4.69) is 4.42 Å². The largest absolute Gasteiger partial charge is 0.480 e. The highest BCUT2D eigenvalue weighted by Crippen LogP contribution is 2.12. The van der Waals surface area contributed by atoms with Crippen molar-refractivity contribution in [3.05, 3.63) is 28.1 Å². The van der Waals surface area contributed by atoms with E-state index < -0.39 is 5.63 Å². The van der Waals surface area contributed by atoms with Gasteiger partial charge in [0.1, 0.15) is 0 Å². The van der Waals surface area contributed by atoms with Crippen LogP contribution in [-0.2, 0) is 6.42 Å². The molecule has 0 aliphatic carbocycles. The molecule has 3 nitrogen and oxygen atoms in total. The third-order valence-electron chi connectivity index (χ3n) is 1.27. The van der Waals surface area contributed by atoms with Crippen molar-refractivity contribution in [3.8, 4) is 5.95 Å². The summed E-state index contributed by atoms with van der Waals surface area (Å²) in [5.74, 6) is -0.269. The first-order chi connectivity index (χ1) is 4.74. The summed E-state index contributed by atoms with van der Waals surface area (Å²) in [5.41, 5.74) is 0.134. The van der Waals surface area contributed by atoms with Gasteiger partial charge in [0.05, 0.1) is 0 Å². The Morgan fingerprint density at radius 1 is 1.60 bits per heavy atom. The van der Waals surface area contributed by atoms with Gasteiger partial charge in [0.25, 0.3) is 5.95 Å². The van der Waals surface area contributed by atoms with Gasteiger partial charge < -0.3 is 9.52 Å². The highest BCUT2D eigenvalue weighted by Gasteiger charge is 1.99. The lowest BCUT2D eigenvalue weighted by atomic mass is 10.2. The van der Waals surface area contributed by atoms with Crippen molar-refractivity contribution in [1.29, 1.82) is 0 Å². The van der Waals surface area contributed by atoms with E-state index in [1.807, 2.05) is 6.92 Å². The summed E-state index contributed by atoms with van der Waals surface area (Å²) in [6.07, 6.45) is 0.662. The molecule has 1 aromatic heterocycles. The first-order valence-corrected chi connectivity index (χ1v) is 3.06. The van der Waals surface area contributed by atoms with E-state index in [0.717, 1.165) is 0 Å². The molecule has 0 aliphatic rings. The Morgan fingerprint density at radius 2 is 2.30 bits per heavy atom. The number of rotatable bonds is 1.